The summed E-state index contributed by atoms with van der Waals surface area (Å²) in [6.45, 7) is 4.59. The van der Waals surface area contributed by atoms with Crippen LogP contribution in [0.25, 0.3) is 0 Å². The van der Waals surface area contributed by atoms with Gasteiger partial charge in [0.1, 0.15) is 10.8 Å². The topological polar surface area (TPSA) is 77.2 Å². The highest BCUT2D eigenvalue weighted by molar-refractivity contribution is 7.09. The van der Waals surface area contributed by atoms with E-state index in [1.165, 1.54) is 0 Å². The number of amides is 1. The third-order valence-corrected chi connectivity index (χ3v) is 3.93. The van der Waals surface area contributed by atoms with Crippen molar-refractivity contribution >= 4 is 22.9 Å². The Morgan fingerprint density at radius 1 is 1.48 bits per heavy atom. The van der Waals surface area contributed by atoms with Gasteiger partial charge in [-0.15, -0.1) is 11.3 Å². The highest BCUT2D eigenvalue weighted by Crippen LogP contribution is 2.20. The van der Waals surface area contributed by atoms with Crippen LogP contribution in [0.2, 0.25) is 0 Å². The van der Waals surface area contributed by atoms with Crippen molar-refractivity contribution in [1.82, 2.24) is 10.3 Å². The largest absolute Gasteiger partial charge is 0.497 e. The van der Waals surface area contributed by atoms with E-state index in [1.54, 1.807) is 36.6 Å². The van der Waals surface area contributed by atoms with Crippen molar-refractivity contribution in [2.45, 2.75) is 26.3 Å². The molecule has 0 fully saturated rings. The monoisotopic (exact) mass is 305 g/mol. The first kappa shape index (κ1) is 15.3. The zero-order valence-electron chi connectivity index (χ0n) is 12.3. The van der Waals surface area contributed by atoms with Gasteiger partial charge in [-0.05, 0) is 18.1 Å². The molecule has 0 aliphatic heterocycles. The molecule has 3 N–H and O–H groups in total. The molecule has 0 saturated carbocycles. The Hall–Kier alpha value is -2.08. The van der Waals surface area contributed by atoms with E-state index in [-0.39, 0.29) is 5.91 Å². The second kappa shape index (κ2) is 6.58. The molecular formula is C15H19N3O2S. The fourth-order valence-corrected chi connectivity index (χ4v) is 2.69. The minimum absolute atomic E-state index is 0.212. The lowest BCUT2D eigenvalue weighted by Crippen LogP contribution is -2.23. The number of methoxy groups -OCH3 is 1. The zero-order valence-corrected chi connectivity index (χ0v) is 13.2. The summed E-state index contributed by atoms with van der Waals surface area (Å²) in [5.74, 6) is 0.810. The maximum absolute atomic E-state index is 12.1. The Kier molecular flexibility index (Phi) is 4.80. The lowest BCUT2D eigenvalue weighted by atomic mass is 10.1. The van der Waals surface area contributed by atoms with Gasteiger partial charge in [0.2, 0.25) is 0 Å². The van der Waals surface area contributed by atoms with Crippen LogP contribution in [0.4, 0.5) is 5.69 Å². The van der Waals surface area contributed by atoms with E-state index in [2.05, 4.69) is 24.1 Å². The molecule has 0 unspecified atom stereocenters. The molecule has 1 aromatic carbocycles. The SMILES string of the molecule is COc1ccc(C(=O)NCc2nc(C(C)C)cs2)c(N)c1. The number of nitrogens with two attached hydrogens (primary N) is 1. The number of carbonyl (C=O) groups excluding carboxylic acids is 1. The normalized spacial score (nSPS) is 10.7. The quantitative estimate of drug-likeness (QED) is 0.833. The second-order valence-electron chi connectivity index (χ2n) is 4.96. The predicted molar refractivity (Wildman–Crippen MR) is 84.8 cm³/mol. The van der Waals surface area contributed by atoms with Crippen molar-refractivity contribution in [2.24, 2.45) is 0 Å². The summed E-state index contributed by atoms with van der Waals surface area (Å²) in [5.41, 5.74) is 7.74. The van der Waals surface area contributed by atoms with Crippen LogP contribution in [0.1, 0.15) is 40.8 Å². The van der Waals surface area contributed by atoms with Gasteiger partial charge in [0.15, 0.2) is 0 Å². The third kappa shape index (κ3) is 3.72. The van der Waals surface area contributed by atoms with Crippen molar-refractivity contribution in [3.05, 3.63) is 39.8 Å². The van der Waals surface area contributed by atoms with Gasteiger partial charge < -0.3 is 15.8 Å². The van der Waals surface area contributed by atoms with Crippen LogP contribution in [0, 0.1) is 0 Å². The number of thiazole rings is 1. The van der Waals surface area contributed by atoms with E-state index in [0.717, 1.165) is 10.7 Å². The molecule has 1 aromatic heterocycles. The number of nitrogen functional groups attached to an aromatic ring is 1. The van der Waals surface area contributed by atoms with E-state index in [0.29, 0.717) is 29.5 Å². The van der Waals surface area contributed by atoms with Gasteiger partial charge in [0, 0.05) is 17.1 Å². The Morgan fingerprint density at radius 2 is 2.24 bits per heavy atom. The number of nitrogens with zero attached hydrogens (tertiary/aromatic N) is 1. The number of ether oxygens (including phenoxy) is 1. The molecule has 0 aliphatic rings. The molecule has 0 saturated heterocycles. The van der Waals surface area contributed by atoms with Crippen LogP contribution in [0.5, 0.6) is 5.75 Å². The molecule has 1 amide bonds. The Morgan fingerprint density at radius 3 is 2.81 bits per heavy atom. The number of carbonyl (C=O) groups is 1. The van der Waals surface area contributed by atoms with Gasteiger partial charge in [-0.25, -0.2) is 4.98 Å². The molecule has 112 valence electrons. The fraction of sp³-hybridized carbons (Fsp3) is 0.333. The number of hydrogen-bond donors (Lipinski definition) is 2. The molecule has 0 spiro atoms. The van der Waals surface area contributed by atoms with E-state index in [9.17, 15) is 4.79 Å². The fourth-order valence-electron chi connectivity index (χ4n) is 1.80. The Bertz CT molecular complexity index is 638. The van der Waals surface area contributed by atoms with Crippen molar-refractivity contribution in [1.29, 1.82) is 0 Å². The van der Waals surface area contributed by atoms with Crippen LogP contribution in [-0.4, -0.2) is 18.0 Å². The number of aromatic nitrogens is 1. The molecular weight excluding hydrogens is 286 g/mol. The molecule has 0 bridgehead atoms. The highest BCUT2D eigenvalue weighted by atomic mass is 32.1. The van der Waals surface area contributed by atoms with Gasteiger partial charge in [-0.1, -0.05) is 13.8 Å². The summed E-state index contributed by atoms with van der Waals surface area (Å²) < 4.78 is 5.06. The zero-order chi connectivity index (χ0) is 15.4. The van der Waals surface area contributed by atoms with Crippen LogP contribution < -0.4 is 15.8 Å². The molecule has 21 heavy (non-hydrogen) atoms. The molecule has 0 aliphatic carbocycles. The summed E-state index contributed by atoms with van der Waals surface area (Å²) in [5, 5.41) is 5.74. The van der Waals surface area contributed by atoms with Crippen molar-refractivity contribution in [3.63, 3.8) is 0 Å². The number of anilines is 1. The van der Waals surface area contributed by atoms with Crippen molar-refractivity contribution in [2.75, 3.05) is 12.8 Å². The van der Waals surface area contributed by atoms with E-state index < -0.39 is 0 Å². The highest BCUT2D eigenvalue weighted by Gasteiger charge is 2.12. The summed E-state index contributed by atoms with van der Waals surface area (Å²) >= 11 is 1.55. The van der Waals surface area contributed by atoms with Gasteiger partial charge in [-0.3, -0.25) is 4.79 Å². The first-order valence-electron chi connectivity index (χ1n) is 6.67. The average Bonchev–Trinajstić information content (AvgIpc) is 2.93. The van der Waals surface area contributed by atoms with E-state index in [4.69, 9.17) is 10.5 Å². The number of benzene rings is 1. The summed E-state index contributed by atoms with van der Waals surface area (Å²) in [6, 6.07) is 5.01. The average molecular weight is 305 g/mol. The smallest absolute Gasteiger partial charge is 0.253 e. The van der Waals surface area contributed by atoms with Gasteiger partial charge >= 0.3 is 0 Å². The van der Waals surface area contributed by atoms with Gasteiger partial charge in [0.25, 0.3) is 5.91 Å². The van der Waals surface area contributed by atoms with Crippen LogP contribution in [0.15, 0.2) is 23.6 Å². The second-order valence-corrected chi connectivity index (χ2v) is 5.90. The van der Waals surface area contributed by atoms with Gasteiger partial charge in [-0.2, -0.15) is 0 Å². The maximum atomic E-state index is 12.1. The standard InChI is InChI=1S/C15H19N3O2S/c1-9(2)13-8-21-14(18-13)7-17-15(19)11-5-4-10(20-3)6-12(11)16/h4-6,8-9H,7,16H2,1-3H3,(H,17,19). The lowest BCUT2D eigenvalue weighted by molar-refractivity contribution is 0.0951. The predicted octanol–water partition coefficient (Wildman–Crippen LogP) is 2.79. The molecule has 0 radical (unpaired) electrons. The van der Waals surface area contributed by atoms with Crippen molar-refractivity contribution < 1.29 is 9.53 Å². The Labute approximate surface area is 128 Å². The van der Waals surface area contributed by atoms with E-state index in [1.807, 2.05) is 5.38 Å². The number of nitrogens with one attached hydrogen (secondary N) is 1. The molecule has 2 rings (SSSR count). The maximum Gasteiger partial charge on any atom is 0.253 e. The first-order chi connectivity index (χ1) is 10.0. The van der Waals surface area contributed by atoms with Crippen molar-refractivity contribution in [3.8, 4) is 5.75 Å². The number of rotatable bonds is 5. The lowest BCUT2D eigenvalue weighted by Gasteiger charge is -2.08. The third-order valence-electron chi connectivity index (χ3n) is 3.06. The van der Waals surface area contributed by atoms with Crippen LogP contribution in [-0.2, 0) is 6.54 Å². The molecule has 6 heteroatoms. The summed E-state index contributed by atoms with van der Waals surface area (Å²) in [6.07, 6.45) is 0. The molecule has 2 aromatic rings. The first-order valence-corrected chi connectivity index (χ1v) is 7.55. The molecule has 5 nitrogen and oxygen atoms in total. The minimum Gasteiger partial charge on any atom is -0.497 e. The van der Waals surface area contributed by atoms with Crippen LogP contribution >= 0.6 is 11.3 Å². The Balaban J connectivity index is 2.01. The summed E-state index contributed by atoms with van der Waals surface area (Å²) in [7, 11) is 1.56. The minimum atomic E-state index is -0.212. The van der Waals surface area contributed by atoms with E-state index >= 15 is 0 Å². The molecule has 0 atom stereocenters. The number of hydrogen-bond acceptors (Lipinski definition) is 5. The van der Waals surface area contributed by atoms with Gasteiger partial charge in [0.05, 0.1) is 24.9 Å². The molecule has 1 heterocycles. The van der Waals surface area contributed by atoms with Crippen LogP contribution in [0.3, 0.4) is 0 Å². The summed E-state index contributed by atoms with van der Waals surface area (Å²) in [4.78, 5) is 16.6.